The van der Waals surface area contributed by atoms with Crippen LogP contribution < -0.4 is 4.90 Å². The van der Waals surface area contributed by atoms with E-state index in [1.54, 1.807) is 16.8 Å². The molecule has 1 atom stereocenters. The number of amides is 2. The molecule has 1 aromatic carbocycles. The van der Waals surface area contributed by atoms with Crippen molar-refractivity contribution in [2.24, 2.45) is 0 Å². The van der Waals surface area contributed by atoms with Crippen LogP contribution in [0.4, 0.5) is 5.69 Å². The Labute approximate surface area is 116 Å². The molecule has 1 aliphatic heterocycles. The summed E-state index contributed by atoms with van der Waals surface area (Å²) in [4.78, 5) is 25.9. The summed E-state index contributed by atoms with van der Waals surface area (Å²) >= 11 is 0. The summed E-state index contributed by atoms with van der Waals surface area (Å²) in [6.07, 6.45) is 0.162. The third-order valence-electron chi connectivity index (χ3n) is 3.48. The van der Waals surface area contributed by atoms with Gasteiger partial charge >= 0.3 is 0 Å². The van der Waals surface area contributed by atoms with Gasteiger partial charge in [-0.25, -0.2) is 4.90 Å². The van der Waals surface area contributed by atoms with Crippen LogP contribution in [0.5, 0.6) is 0 Å². The number of aryl methyl sites for hydroxylation is 2. The molecule has 1 aromatic heterocycles. The van der Waals surface area contributed by atoms with E-state index in [1.165, 1.54) is 4.90 Å². The molecule has 3 rings (SSSR count). The summed E-state index contributed by atoms with van der Waals surface area (Å²) in [5, 5.41) is 4.32. The highest BCUT2D eigenvalue weighted by Gasteiger charge is 2.41. The number of imide groups is 1. The molecule has 1 aliphatic rings. The van der Waals surface area contributed by atoms with Gasteiger partial charge in [0.2, 0.25) is 5.91 Å². The molecule has 5 heteroatoms. The first-order valence-electron chi connectivity index (χ1n) is 6.52. The zero-order valence-electron chi connectivity index (χ0n) is 11.4. The molecular formula is C15H15N3O2. The van der Waals surface area contributed by atoms with Crippen molar-refractivity contribution >= 4 is 17.5 Å². The van der Waals surface area contributed by atoms with E-state index in [0.717, 1.165) is 11.4 Å². The lowest BCUT2D eigenvalue weighted by molar-refractivity contribution is -0.122. The van der Waals surface area contributed by atoms with Crippen molar-refractivity contribution in [3.8, 4) is 0 Å². The fourth-order valence-corrected chi connectivity index (χ4v) is 2.62. The van der Waals surface area contributed by atoms with E-state index in [-0.39, 0.29) is 18.2 Å². The molecule has 0 spiro atoms. The van der Waals surface area contributed by atoms with Crippen LogP contribution in [0.15, 0.2) is 36.4 Å². The van der Waals surface area contributed by atoms with Crippen LogP contribution in [-0.4, -0.2) is 21.6 Å². The van der Waals surface area contributed by atoms with Gasteiger partial charge in [-0.15, -0.1) is 0 Å². The number of para-hydroxylation sites is 1. The molecule has 0 unspecified atom stereocenters. The summed E-state index contributed by atoms with van der Waals surface area (Å²) in [5.74, 6) is -0.397. The minimum Gasteiger partial charge on any atom is -0.274 e. The summed E-state index contributed by atoms with van der Waals surface area (Å²) in [5.41, 5.74) is 2.36. The molecule has 2 aromatic rings. The normalized spacial score (nSPS) is 18.9. The molecule has 2 amide bonds. The van der Waals surface area contributed by atoms with Gasteiger partial charge in [-0.3, -0.25) is 14.3 Å². The average molecular weight is 269 g/mol. The van der Waals surface area contributed by atoms with Gasteiger partial charge in [0.05, 0.1) is 17.8 Å². The molecule has 1 saturated heterocycles. The summed E-state index contributed by atoms with van der Waals surface area (Å²) in [6, 6.07) is 10.4. The Morgan fingerprint density at radius 2 is 1.85 bits per heavy atom. The zero-order valence-corrected chi connectivity index (χ0v) is 11.4. The van der Waals surface area contributed by atoms with Gasteiger partial charge in [0.25, 0.3) is 5.91 Å². The maximum Gasteiger partial charge on any atom is 0.259 e. The van der Waals surface area contributed by atoms with E-state index in [1.807, 2.05) is 38.1 Å². The first-order valence-corrected chi connectivity index (χ1v) is 6.52. The second-order valence-electron chi connectivity index (χ2n) is 4.99. The van der Waals surface area contributed by atoms with E-state index in [0.29, 0.717) is 5.69 Å². The fraction of sp³-hybridized carbons (Fsp3) is 0.267. The number of carbonyl (C=O) groups excluding carboxylic acids is 2. The van der Waals surface area contributed by atoms with Crippen molar-refractivity contribution in [1.29, 1.82) is 0 Å². The van der Waals surface area contributed by atoms with Crippen LogP contribution in [0.3, 0.4) is 0 Å². The highest BCUT2D eigenvalue weighted by atomic mass is 16.2. The minimum absolute atomic E-state index is 0.162. The molecule has 0 N–H and O–H groups in total. The Bertz CT molecular complexity index is 676. The predicted molar refractivity (Wildman–Crippen MR) is 74.3 cm³/mol. The Kier molecular flexibility index (Phi) is 2.89. The average Bonchev–Trinajstić information content (AvgIpc) is 2.90. The van der Waals surface area contributed by atoms with Gasteiger partial charge in [-0.1, -0.05) is 18.2 Å². The van der Waals surface area contributed by atoms with E-state index in [4.69, 9.17) is 0 Å². The largest absolute Gasteiger partial charge is 0.274 e. The second-order valence-corrected chi connectivity index (χ2v) is 4.99. The Morgan fingerprint density at radius 3 is 2.45 bits per heavy atom. The number of anilines is 1. The molecule has 20 heavy (non-hydrogen) atoms. The van der Waals surface area contributed by atoms with E-state index < -0.39 is 6.04 Å². The van der Waals surface area contributed by atoms with Crippen molar-refractivity contribution in [2.45, 2.75) is 26.3 Å². The fourth-order valence-electron chi connectivity index (χ4n) is 2.62. The maximum atomic E-state index is 12.5. The van der Waals surface area contributed by atoms with Gasteiger partial charge in [0, 0.05) is 5.69 Å². The van der Waals surface area contributed by atoms with Crippen molar-refractivity contribution in [1.82, 2.24) is 9.78 Å². The van der Waals surface area contributed by atoms with Gasteiger partial charge in [0.1, 0.15) is 6.04 Å². The predicted octanol–water partition coefficient (Wildman–Crippen LogP) is 2.00. The molecule has 1 fully saturated rings. The summed E-state index contributed by atoms with van der Waals surface area (Å²) < 4.78 is 1.65. The van der Waals surface area contributed by atoms with Crippen LogP contribution in [0, 0.1) is 13.8 Å². The number of hydrogen-bond donors (Lipinski definition) is 0. The third-order valence-corrected chi connectivity index (χ3v) is 3.48. The number of rotatable bonds is 2. The van der Waals surface area contributed by atoms with Gasteiger partial charge in [-0.2, -0.15) is 5.10 Å². The van der Waals surface area contributed by atoms with Crippen molar-refractivity contribution in [3.63, 3.8) is 0 Å². The number of carbonyl (C=O) groups is 2. The highest BCUT2D eigenvalue weighted by Crippen LogP contribution is 2.29. The molecule has 0 saturated carbocycles. The quantitative estimate of drug-likeness (QED) is 0.784. The van der Waals surface area contributed by atoms with Crippen LogP contribution in [-0.2, 0) is 9.59 Å². The van der Waals surface area contributed by atoms with Crippen molar-refractivity contribution in [2.75, 3.05) is 4.90 Å². The zero-order chi connectivity index (χ0) is 14.3. The topological polar surface area (TPSA) is 55.2 Å². The lowest BCUT2D eigenvalue weighted by Crippen LogP contribution is -2.31. The molecule has 0 radical (unpaired) electrons. The standard InChI is InChI=1S/C15H15N3O2/c1-10-8-11(2)18(16-10)13-9-14(19)17(15(13)20)12-6-4-3-5-7-12/h3-8,13H,9H2,1-2H3/t13-/m1/s1. The molecule has 102 valence electrons. The Morgan fingerprint density at radius 1 is 1.15 bits per heavy atom. The van der Waals surface area contributed by atoms with E-state index in [9.17, 15) is 9.59 Å². The number of nitrogens with zero attached hydrogens (tertiary/aromatic N) is 3. The molecule has 0 bridgehead atoms. The van der Waals surface area contributed by atoms with Crippen LogP contribution >= 0.6 is 0 Å². The van der Waals surface area contributed by atoms with E-state index in [2.05, 4.69) is 5.10 Å². The third kappa shape index (κ3) is 1.91. The van der Waals surface area contributed by atoms with Gasteiger partial charge in [-0.05, 0) is 32.0 Å². The van der Waals surface area contributed by atoms with Crippen molar-refractivity contribution in [3.05, 3.63) is 47.8 Å². The lowest BCUT2D eigenvalue weighted by atomic mass is 10.2. The highest BCUT2D eigenvalue weighted by molar-refractivity contribution is 6.21. The maximum absolute atomic E-state index is 12.5. The van der Waals surface area contributed by atoms with Crippen LogP contribution in [0.2, 0.25) is 0 Å². The van der Waals surface area contributed by atoms with Gasteiger partial charge < -0.3 is 0 Å². The number of hydrogen-bond acceptors (Lipinski definition) is 3. The minimum atomic E-state index is -0.531. The lowest BCUT2D eigenvalue weighted by Gasteiger charge is -2.15. The van der Waals surface area contributed by atoms with Crippen molar-refractivity contribution < 1.29 is 9.59 Å². The second kappa shape index (κ2) is 4.59. The first-order chi connectivity index (χ1) is 9.58. The molecule has 0 aliphatic carbocycles. The van der Waals surface area contributed by atoms with E-state index >= 15 is 0 Å². The monoisotopic (exact) mass is 269 g/mol. The SMILES string of the molecule is Cc1cc(C)n([C@@H]2CC(=O)N(c3ccccc3)C2=O)n1. The van der Waals surface area contributed by atoms with Crippen LogP contribution in [0.1, 0.15) is 23.9 Å². The molecule has 2 heterocycles. The van der Waals surface area contributed by atoms with Crippen LogP contribution in [0.25, 0.3) is 0 Å². The molecular weight excluding hydrogens is 254 g/mol. The molecule has 5 nitrogen and oxygen atoms in total. The summed E-state index contributed by atoms with van der Waals surface area (Å²) in [7, 11) is 0. The number of aromatic nitrogens is 2. The summed E-state index contributed by atoms with van der Waals surface area (Å²) in [6.45, 7) is 3.77. The smallest absolute Gasteiger partial charge is 0.259 e. The first kappa shape index (κ1) is 12.6. The Hall–Kier alpha value is -2.43. The Balaban J connectivity index is 1.97. The van der Waals surface area contributed by atoms with Gasteiger partial charge in [0.15, 0.2) is 0 Å². The number of benzene rings is 1.